The molecular weight excluding hydrogens is 865 g/mol. The van der Waals surface area contributed by atoms with Gasteiger partial charge in [-0.1, -0.05) is 6.07 Å². The minimum atomic E-state index is -4.79. The van der Waals surface area contributed by atoms with Gasteiger partial charge in [-0.15, -0.1) is 0 Å². The molecule has 64 heavy (non-hydrogen) atoms. The predicted molar refractivity (Wildman–Crippen MR) is 225 cm³/mol. The van der Waals surface area contributed by atoms with Crippen LogP contribution in [0.2, 0.25) is 0 Å². The van der Waals surface area contributed by atoms with Crippen LogP contribution in [0.15, 0.2) is 55.0 Å². The topological polar surface area (TPSA) is 206 Å². The molecule has 4 aliphatic heterocycles. The lowest BCUT2D eigenvalue weighted by atomic mass is 10.0. The number of fused-ring (bicyclic) bond motifs is 1. The number of halogens is 4. The van der Waals surface area contributed by atoms with Crippen LogP contribution in [0.4, 0.5) is 46.5 Å². The third-order valence-electron chi connectivity index (χ3n) is 12.0. The Kier molecular flexibility index (Phi) is 12.2. The van der Waals surface area contributed by atoms with Gasteiger partial charge < -0.3 is 15.5 Å². The molecule has 0 saturated carbocycles. The zero-order chi connectivity index (χ0) is 45.5. The van der Waals surface area contributed by atoms with E-state index in [1.807, 2.05) is 12.1 Å². The summed E-state index contributed by atoms with van der Waals surface area (Å²) in [5, 5.41) is 7.72. The Hall–Kier alpha value is -6.33. The molecule has 4 aliphatic rings. The summed E-state index contributed by atoms with van der Waals surface area (Å²) in [5.74, 6) is -4.31. The number of alkyl halides is 3. The van der Waals surface area contributed by atoms with E-state index in [4.69, 9.17) is 0 Å². The number of rotatable bonds is 12. The summed E-state index contributed by atoms with van der Waals surface area (Å²) in [7, 11) is -2.46. The van der Waals surface area contributed by atoms with Crippen LogP contribution in [0, 0.1) is 5.82 Å². The molecule has 3 saturated heterocycles. The average Bonchev–Trinajstić information content (AvgIpc) is 3.52. The number of aromatic nitrogens is 4. The highest BCUT2D eigenvalue weighted by molar-refractivity contribution is 7.92. The van der Waals surface area contributed by atoms with Crippen molar-refractivity contribution in [2.45, 2.75) is 57.0 Å². The second-order valence-corrected chi connectivity index (χ2v) is 18.0. The number of piperazine rings is 1. The SMILES string of the molecule is CN(c1nccnc1CNc1nc(Nc2ccc(N3CCC(N4CCN(Cc5ccc6c(c5F)C(=O)N(C5CCC(=O)NC5=O)C6=O)CC4)CC3)cc2)ncc1C(F)(F)F)S(C)(=O)=O. The molecule has 18 nitrogen and oxygen atoms in total. The van der Waals surface area contributed by atoms with Gasteiger partial charge in [0.15, 0.2) is 5.82 Å². The molecule has 4 amide bonds. The number of nitrogens with zero attached hydrogens (tertiary/aromatic N) is 9. The van der Waals surface area contributed by atoms with E-state index >= 15 is 4.39 Å². The van der Waals surface area contributed by atoms with Crippen LogP contribution < -0.4 is 25.2 Å². The Labute approximate surface area is 365 Å². The van der Waals surface area contributed by atoms with Crippen molar-refractivity contribution in [3.63, 3.8) is 0 Å². The molecule has 1 unspecified atom stereocenters. The zero-order valence-electron chi connectivity index (χ0n) is 34.7. The number of sulfonamides is 1. The van der Waals surface area contributed by atoms with Gasteiger partial charge in [-0.3, -0.25) is 48.5 Å². The van der Waals surface area contributed by atoms with Crippen LogP contribution in [0.25, 0.3) is 0 Å². The summed E-state index contributed by atoms with van der Waals surface area (Å²) < 4.78 is 82.8. The zero-order valence-corrected chi connectivity index (χ0v) is 35.5. The molecule has 0 bridgehead atoms. The lowest BCUT2D eigenvalue weighted by Crippen LogP contribution is -2.54. The third-order valence-corrected chi connectivity index (χ3v) is 13.1. The quantitative estimate of drug-likeness (QED) is 0.138. The van der Waals surface area contributed by atoms with E-state index in [2.05, 4.69) is 50.6 Å². The average molecular weight is 909 g/mol. The van der Waals surface area contributed by atoms with Gasteiger partial charge in [-0.25, -0.2) is 22.8 Å². The van der Waals surface area contributed by atoms with E-state index in [9.17, 15) is 40.8 Å². The number of imide groups is 2. The van der Waals surface area contributed by atoms with Gasteiger partial charge in [0.1, 0.15) is 28.9 Å². The molecule has 338 valence electrons. The number of amides is 4. The molecule has 2 aromatic heterocycles. The maximum atomic E-state index is 15.9. The van der Waals surface area contributed by atoms with Crippen molar-refractivity contribution in [3.05, 3.63) is 88.8 Å². The molecule has 0 spiro atoms. The Bertz CT molecular complexity index is 2590. The summed E-state index contributed by atoms with van der Waals surface area (Å²) >= 11 is 0. The van der Waals surface area contributed by atoms with Crippen molar-refractivity contribution < 1.29 is 45.2 Å². The van der Waals surface area contributed by atoms with E-state index in [0.717, 1.165) is 60.2 Å². The minimum absolute atomic E-state index is 0.0128. The molecule has 4 aromatic rings. The number of benzene rings is 2. The van der Waals surface area contributed by atoms with Crippen LogP contribution in [-0.4, -0.2) is 131 Å². The monoisotopic (exact) mass is 908 g/mol. The van der Waals surface area contributed by atoms with E-state index in [0.29, 0.717) is 31.0 Å². The van der Waals surface area contributed by atoms with Gasteiger partial charge in [0.25, 0.3) is 11.8 Å². The fourth-order valence-corrected chi connectivity index (χ4v) is 8.91. The maximum Gasteiger partial charge on any atom is 0.421 e. The number of carbonyl (C=O) groups is 4. The standard InChI is InChI=1S/C41H44F4N12O6S/c1-53(64(2,62)63)36-30(46-13-14-47-36)22-48-35-29(41(43,44)45)21-49-40(52-35)50-25-4-6-26(7-5-25)55-15-11-27(12-16-55)56-19-17-54(18-20-56)23-24-3-8-28-33(34(24)42)39(61)57(38(28)60)31-9-10-32(58)51-37(31)59/h3-8,13-14,21,27,31H,9-12,15-20,22-23H2,1-2H3,(H,51,58,59)(H2,48,49,50,52). The largest absolute Gasteiger partial charge is 0.421 e. The van der Waals surface area contributed by atoms with Crippen molar-refractivity contribution in [2.75, 3.05) is 72.4 Å². The molecule has 0 aliphatic carbocycles. The maximum absolute atomic E-state index is 15.9. The lowest BCUT2D eigenvalue weighted by Gasteiger charge is -2.43. The predicted octanol–water partition coefficient (Wildman–Crippen LogP) is 3.36. The molecule has 0 radical (unpaired) electrons. The molecule has 6 heterocycles. The first-order valence-electron chi connectivity index (χ1n) is 20.5. The van der Waals surface area contributed by atoms with Crippen LogP contribution in [-0.2, 0) is 38.9 Å². The van der Waals surface area contributed by atoms with Gasteiger partial charge in [0.05, 0.1) is 23.9 Å². The Morgan fingerprint density at radius 2 is 1.59 bits per heavy atom. The highest BCUT2D eigenvalue weighted by Gasteiger charge is 2.46. The van der Waals surface area contributed by atoms with Crippen molar-refractivity contribution in [2.24, 2.45) is 0 Å². The number of carbonyl (C=O) groups excluding carboxylic acids is 4. The second kappa shape index (κ2) is 17.7. The highest BCUT2D eigenvalue weighted by atomic mass is 32.2. The number of nitrogens with one attached hydrogen (secondary N) is 3. The van der Waals surface area contributed by atoms with E-state index < -0.39 is 63.1 Å². The third kappa shape index (κ3) is 9.17. The molecule has 3 N–H and O–H groups in total. The first-order valence-corrected chi connectivity index (χ1v) is 22.3. The van der Waals surface area contributed by atoms with Crippen LogP contribution in [0.3, 0.4) is 0 Å². The number of hydrogen-bond acceptors (Lipinski definition) is 15. The van der Waals surface area contributed by atoms with Crippen molar-refractivity contribution in [1.82, 2.24) is 40.0 Å². The number of piperidine rings is 2. The fourth-order valence-electron chi connectivity index (χ4n) is 8.44. The van der Waals surface area contributed by atoms with Crippen molar-refractivity contribution in [1.29, 1.82) is 0 Å². The smallest absolute Gasteiger partial charge is 0.371 e. The van der Waals surface area contributed by atoms with Gasteiger partial charge >= 0.3 is 6.18 Å². The lowest BCUT2D eigenvalue weighted by molar-refractivity contribution is -0.138. The fraction of sp³-hybridized carbons (Fsp3) is 0.415. The number of hydrogen-bond donors (Lipinski definition) is 3. The molecule has 2 aromatic carbocycles. The molecular formula is C41H44F4N12O6S. The van der Waals surface area contributed by atoms with Gasteiger partial charge in [-0.2, -0.15) is 18.2 Å². The van der Waals surface area contributed by atoms with E-state index in [1.54, 1.807) is 12.1 Å². The molecule has 23 heteroatoms. The summed E-state index contributed by atoms with van der Waals surface area (Å²) in [6, 6.07) is 9.51. The van der Waals surface area contributed by atoms with Gasteiger partial charge in [-0.05, 0) is 49.6 Å². The van der Waals surface area contributed by atoms with E-state index in [1.165, 1.54) is 31.6 Å². The summed E-state index contributed by atoms with van der Waals surface area (Å²) in [6.07, 6.45) is 1.21. The minimum Gasteiger partial charge on any atom is -0.371 e. The summed E-state index contributed by atoms with van der Waals surface area (Å²) in [4.78, 5) is 74.1. The Balaban J connectivity index is 0.828. The highest BCUT2D eigenvalue weighted by Crippen LogP contribution is 2.36. The van der Waals surface area contributed by atoms with Crippen LogP contribution >= 0.6 is 0 Å². The Morgan fingerprint density at radius 1 is 0.891 bits per heavy atom. The first-order chi connectivity index (χ1) is 30.5. The van der Waals surface area contributed by atoms with Crippen LogP contribution in [0.5, 0.6) is 0 Å². The van der Waals surface area contributed by atoms with E-state index in [-0.39, 0.29) is 60.1 Å². The Morgan fingerprint density at radius 3 is 2.27 bits per heavy atom. The van der Waals surface area contributed by atoms with Gasteiger partial charge in [0.2, 0.25) is 27.8 Å². The second-order valence-electron chi connectivity index (χ2n) is 16.0. The van der Waals surface area contributed by atoms with Gasteiger partial charge in [0, 0.05) is 101 Å². The van der Waals surface area contributed by atoms with Crippen molar-refractivity contribution >= 4 is 62.6 Å². The molecule has 8 rings (SSSR count). The molecule has 1 atom stereocenters. The normalized spacial score (nSPS) is 19.2. The summed E-state index contributed by atoms with van der Waals surface area (Å²) in [5.41, 5.74) is 0.340. The summed E-state index contributed by atoms with van der Waals surface area (Å²) in [6.45, 7) is 4.41. The first kappa shape index (κ1) is 44.3. The van der Waals surface area contributed by atoms with Crippen molar-refractivity contribution in [3.8, 4) is 0 Å². The number of anilines is 5. The van der Waals surface area contributed by atoms with Crippen LogP contribution in [0.1, 0.15) is 63.2 Å². The molecule has 3 fully saturated rings.